The van der Waals surface area contributed by atoms with Crippen LogP contribution in [0.15, 0.2) is 24.5 Å². The summed E-state index contributed by atoms with van der Waals surface area (Å²) in [5.41, 5.74) is 2.59. The zero-order valence-electron chi connectivity index (χ0n) is 17.8. The average Bonchev–Trinajstić information content (AvgIpc) is 2.98. The highest BCUT2D eigenvalue weighted by molar-refractivity contribution is 5.88. The van der Waals surface area contributed by atoms with Gasteiger partial charge >= 0.3 is 5.92 Å². The smallest absolute Gasteiger partial charge is 0.303 e. The highest BCUT2D eigenvalue weighted by Gasteiger charge is 2.29. The van der Waals surface area contributed by atoms with Gasteiger partial charge in [0, 0.05) is 50.0 Å². The number of anilines is 3. The fourth-order valence-electron chi connectivity index (χ4n) is 2.71. The highest BCUT2D eigenvalue weighted by atomic mass is 19.3. The predicted molar refractivity (Wildman–Crippen MR) is 110 cm³/mol. The number of aryl methyl sites for hydroxylation is 2. The van der Waals surface area contributed by atoms with Crippen LogP contribution in [0.1, 0.15) is 36.6 Å². The van der Waals surface area contributed by atoms with Crippen LogP contribution >= 0.6 is 0 Å². The van der Waals surface area contributed by atoms with Crippen LogP contribution in [0.2, 0.25) is 0 Å². The number of rotatable bonds is 7. The quantitative estimate of drug-likeness (QED) is 0.588. The fourth-order valence-corrected chi connectivity index (χ4v) is 2.71. The van der Waals surface area contributed by atoms with Gasteiger partial charge in [-0.05, 0) is 13.8 Å². The van der Waals surface area contributed by atoms with Crippen LogP contribution in [-0.2, 0) is 24.4 Å². The number of carbonyl (C=O) groups is 1. The van der Waals surface area contributed by atoms with E-state index in [-0.39, 0.29) is 24.1 Å². The van der Waals surface area contributed by atoms with Gasteiger partial charge in [-0.25, -0.2) is 15.0 Å². The number of aromatic nitrogens is 5. The normalized spacial score (nSPS) is 11.3. The predicted octanol–water partition coefficient (Wildman–Crippen LogP) is 3.61. The van der Waals surface area contributed by atoms with E-state index in [4.69, 9.17) is 4.74 Å². The van der Waals surface area contributed by atoms with Crippen molar-refractivity contribution in [3.8, 4) is 5.75 Å². The van der Waals surface area contributed by atoms with Gasteiger partial charge in [0.05, 0.1) is 18.1 Å². The van der Waals surface area contributed by atoms with Crippen LogP contribution in [0.5, 0.6) is 5.75 Å². The summed E-state index contributed by atoms with van der Waals surface area (Å²) in [6.45, 7) is 5.82. The molecule has 0 saturated carbocycles. The third-order valence-corrected chi connectivity index (χ3v) is 4.40. The second kappa shape index (κ2) is 8.62. The van der Waals surface area contributed by atoms with Gasteiger partial charge in [-0.3, -0.25) is 9.48 Å². The molecule has 3 aromatic rings. The molecule has 0 saturated heterocycles. The molecule has 164 valence electrons. The van der Waals surface area contributed by atoms with Crippen molar-refractivity contribution in [2.45, 2.75) is 40.2 Å². The maximum atomic E-state index is 13.7. The molecule has 0 aromatic carbocycles. The molecule has 3 rings (SSSR count). The third kappa shape index (κ3) is 5.50. The van der Waals surface area contributed by atoms with Crippen molar-refractivity contribution >= 4 is 23.2 Å². The number of nitrogens with one attached hydrogen (secondary N) is 2. The number of amides is 1. The lowest BCUT2D eigenvalue weighted by Gasteiger charge is -2.16. The van der Waals surface area contributed by atoms with Gasteiger partial charge in [-0.15, -0.1) is 0 Å². The molecule has 0 unspecified atom stereocenters. The molecule has 0 bridgehead atoms. The van der Waals surface area contributed by atoms with Gasteiger partial charge in [0.25, 0.3) is 0 Å². The van der Waals surface area contributed by atoms with Gasteiger partial charge in [-0.1, -0.05) is 0 Å². The Morgan fingerprint density at radius 2 is 1.94 bits per heavy atom. The zero-order chi connectivity index (χ0) is 22.8. The van der Waals surface area contributed by atoms with Crippen molar-refractivity contribution in [2.24, 2.45) is 7.05 Å². The molecule has 2 N–H and O–H groups in total. The van der Waals surface area contributed by atoms with E-state index >= 15 is 0 Å². The van der Waals surface area contributed by atoms with Gasteiger partial charge in [-0.2, -0.15) is 13.9 Å². The average molecular weight is 431 g/mol. The SMILES string of the molecule is CC(=O)Nc1cc(Nc2cc(C)nc(C(C)(F)F)n2)c(OCc2cnn(C)c2C)cn1. The molecule has 0 spiro atoms. The van der Waals surface area contributed by atoms with E-state index in [2.05, 4.69) is 30.7 Å². The Morgan fingerprint density at radius 1 is 1.19 bits per heavy atom. The monoisotopic (exact) mass is 431 g/mol. The van der Waals surface area contributed by atoms with Crippen molar-refractivity contribution in [2.75, 3.05) is 10.6 Å². The van der Waals surface area contributed by atoms with E-state index < -0.39 is 11.7 Å². The first-order chi connectivity index (χ1) is 14.5. The number of halogens is 2. The first-order valence-corrected chi connectivity index (χ1v) is 9.42. The molecule has 0 radical (unpaired) electrons. The van der Waals surface area contributed by atoms with E-state index in [0.717, 1.165) is 18.2 Å². The molecule has 0 aliphatic carbocycles. The minimum absolute atomic E-state index is 0.159. The summed E-state index contributed by atoms with van der Waals surface area (Å²) in [6.07, 6.45) is 3.13. The molecule has 0 fully saturated rings. The van der Waals surface area contributed by atoms with Crippen LogP contribution in [0.3, 0.4) is 0 Å². The molecule has 0 aliphatic rings. The Bertz CT molecular complexity index is 1110. The second-order valence-electron chi connectivity index (χ2n) is 7.15. The van der Waals surface area contributed by atoms with Gasteiger partial charge < -0.3 is 15.4 Å². The first-order valence-electron chi connectivity index (χ1n) is 9.42. The fraction of sp³-hybridized carbons (Fsp3) is 0.350. The topological polar surface area (TPSA) is 107 Å². The Labute approximate surface area is 177 Å². The van der Waals surface area contributed by atoms with Crippen molar-refractivity contribution in [3.63, 3.8) is 0 Å². The summed E-state index contributed by atoms with van der Waals surface area (Å²) in [5.74, 6) is -3.32. The minimum atomic E-state index is -3.20. The molecule has 1 amide bonds. The number of nitrogens with zero attached hydrogens (tertiary/aromatic N) is 5. The van der Waals surface area contributed by atoms with Crippen molar-refractivity contribution in [1.82, 2.24) is 24.7 Å². The highest BCUT2D eigenvalue weighted by Crippen LogP contribution is 2.31. The van der Waals surface area contributed by atoms with E-state index in [9.17, 15) is 13.6 Å². The number of hydrogen-bond acceptors (Lipinski definition) is 7. The first kappa shape index (κ1) is 22.1. The van der Waals surface area contributed by atoms with Crippen LogP contribution in [-0.4, -0.2) is 30.6 Å². The standard InChI is InChI=1S/C20H23F2N7O2/c1-11-6-18(28-19(25-11)20(4,21)22)27-15-7-17(26-13(3)30)23-9-16(15)31-10-14-8-24-29(5)12(14)2/h6-9H,10H2,1-5H3,(H2,23,25,26,27,28,30). The van der Waals surface area contributed by atoms with Crippen LogP contribution in [0.25, 0.3) is 0 Å². The molecule has 31 heavy (non-hydrogen) atoms. The summed E-state index contributed by atoms with van der Waals surface area (Å²) in [6, 6.07) is 3.07. The maximum Gasteiger partial charge on any atom is 0.303 e. The van der Waals surface area contributed by atoms with Crippen molar-refractivity contribution in [1.29, 1.82) is 0 Å². The van der Waals surface area contributed by atoms with E-state index in [1.807, 2.05) is 14.0 Å². The molecule has 11 heteroatoms. The molecule has 9 nitrogen and oxygen atoms in total. The lowest BCUT2D eigenvalue weighted by atomic mass is 10.3. The number of ether oxygens (including phenoxy) is 1. The Balaban J connectivity index is 1.93. The number of alkyl halides is 2. The molecule has 0 atom stereocenters. The lowest BCUT2D eigenvalue weighted by Crippen LogP contribution is -2.14. The molecular weight excluding hydrogens is 408 g/mol. The molecular formula is C20H23F2N7O2. The third-order valence-electron chi connectivity index (χ3n) is 4.40. The largest absolute Gasteiger partial charge is 0.485 e. The number of hydrogen-bond donors (Lipinski definition) is 2. The van der Waals surface area contributed by atoms with E-state index in [0.29, 0.717) is 17.1 Å². The lowest BCUT2D eigenvalue weighted by molar-refractivity contribution is -0.114. The Morgan fingerprint density at radius 3 is 2.55 bits per heavy atom. The van der Waals surface area contributed by atoms with Crippen molar-refractivity contribution in [3.05, 3.63) is 47.3 Å². The summed E-state index contributed by atoms with van der Waals surface area (Å²) in [7, 11) is 1.83. The number of carbonyl (C=O) groups excluding carboxylic acids is 1. The summed E-state index contributed by atoms with van der Waals surface area (Å²) in [5, 5.41) is 9.73. The molecule has 3 aromatic heterocycles. The Kier molecular flexibility index (Phi) is 6.14. The van der Waals surface area contributed by atoms with Gasteiger partial charge in [0.2, 0.25) is 11.7 Å². The number of pyridine rings is 1. The van der Waals surface area contributed by atoms with Crippen LogP contribution < -0.4 is 15.4 Å². The van der Waals surface area contributed by atoms with Gasteiger partial charge in [0.1, 0.15) is 18.2 Å². The van der Waals surface area contributed by atoms with Crippen LogP contribution in [0.4, 0.5) is 26.1 Å². The van der Waals surface area contributed by atoms with E-state index in [1.165, 1.54) is 25.3 Å². The summed E-state index contributed by atoms with van der Waals surface area (Å²) >= 11 is 0. The molecule has 0 aliphatic heterocycles. The zero-order valence-corrected chi connectivity index (χ0v) is 17.8. The van der Waals surface area contributed by atoms with Gasteiger partial charge in [0.15, 0.2) is 5.75 Å². The maximum absolute atomic E-state index is 13.7. The van der Waals surface area contributed by atoms with E-state index in [1.54, 1.807) is 17.8 Å². The van der Waals surface area contributed by atoms with Crippen molar-refractivity contribution < 1.29 is 18.3 Å². The second-order valence-corrected chi connectivity index (χ2v) is 7.15. The molecule has 3 heterocycles. The summed E-state index contributed by atoms with van der Waals surface area (Å²) < 4.78 is 35.1. The summed E-state index contributed by atoms with van der Waals surface area (Å²) in [4.78, 5) is 23.3. The Hall–Kier alpha value is -3.63. The minimum Gasteiger partial charge on any atom is -0.485 e. The van der Waals surface area contributed by atoms with Crippen LogP contribution in [0, 0.1) is 13.8 Å².